The summed E-state index contributed by atoms with van der Waals surface area (Å²) in [5.41, 5.74) is 0.977. The molecule has 1 aromatic heterocycles. The second-order valence-electron chi connectivity index (χ2n) is 4.68. The third-order valence-corrected chi connectivity index (χ3v) is 3.20. The van der Waals surface area contributed by atoms with Crippen LogP contribution in [-0.4, -0.2) is 24.0 Å². The van der Waals surface area contributed by atoms with Gasteiger partial charge in [-0.25, -0.2) is 14.2 Å². The van der Waals surface area contributed by atoms with E-state index < -0.39 is 11.9 Å². The van der Waals surface area contributed by atoms with Gasteiger partial charge >= 0.3 is 5.97 Å². The Hall–Kier alpha value is -2.76. The lowest BCUT2D eigenvalue weighted by molar-refractivity contribution is -0.117. The van der Waals surface area contributed by atoms with Crippen LogP contribution in [0.5, 0.6) is 0 Å². The minimum Gasteiger partial charge on any atom is -0.465 e. The Bertz CT molecular complexity index is 686. The summed E-state index contributed by atoms with van der Waals surface area (Å²) in [4.78, 5) is 27.6. The van der Waals surface area contributed by atoms with Crippen molar-refractivity contribution in [2.45, 2.75) is 12.8 Å². The monoisotopic (exact) mass is 302 g/mol. The van der Waals surface area contributed by atoms with Crippen molar-refractivity contribution in [1.29, 1.82) is 0 Å². The van der Waals surface area contributed by atoms with Crippen molar-refractivity contribution in [2.24, 2.45) is 0 Å². The van der Waals surface area contributed by atoms with Crippen LogP contribution in [0.25, 0.3) is 0 Å². The molecule has 0 saturated heterocycles. The van der Waals surface area contributed by atoms with Crippen LogP contribution in [0.15, 0.2) is 42.6 Å². The lowest BCUT2D eigenvalue weighted by atomic mass is 10.0. The fourth-order valence-corrected chi connectivity index (χ4v) is 1.88. The number of ether oxygens (including phenoxy) is 1. The van der Waals surface area contributed by atoms with Gasteiger partial charge in [-0.2, -0.15) is 0 Å². The Morgan fingerprint density at radius 3 is 2.55 bits per heavy atom. The van der Waals surface area contributed by atoms with Gasteiger partial charge in [-0.15, -0.1) is 0 Å². The van der Waals surface area contributed by atoms with E-state index in [1.165, 1.54) is 37.6 Å². The number of carbonyl (C=O) groups excluding carboxylic acids is 2. The first kappa shape index (κ1) is 15.6. The van der Waals surface area contributed by atoms with Gasteiger partial charge in [0.15, 0.2) is 0 Å². The van der Waals surface area contributed by atoms with Crippen LogP contribution >= 0.6 is 0 Å². The number of nitrogens with one attached hydrogen (secondary N) is 1. The summed E-state index contributed by atoms with van der Waals surface area (Å²) in [5.74, 6) is -1.40. The van der Waals surface area contributed by atoms with Gasteiger partial charge in [0.2, 0.25) is 5.91 Å². The minimum atomic E-state index is -0.510. The summed E-state index contributed by atoms with van der Waals surface area (Å²) in [6, 6.07) is 8.63. The molecular formula is C16H15FN2O3. The molecule has 1 atom stereocenters. The molecule has 0 aliphatic rings. The van der Waals surface area contributed by atoms with Crippen molar-refractivity contribution in [2.75, 3.05) is 12.4 Å². The van der Waals surface area contributed by atoms with Crippen LogP contribution in [0.3, 0.4) is 0 Å². The SMILES string of the molecule is COC(=O)c1ccnc(NC(=O)C(C)c2ccc(F)cc2)c1. The maximum absolute atomic E-state index is 12.9. The number of amides is 1. The summed E-state index contributed by atoms with van der Waals surface area (Å²) in [5, 5.41) is 2.62. The van der Waals surface area contributed by atoms with Crippen molar-refractivity contribution < 1.29 is 18.7 Å². The van der Waals surface area contributed by atoms with E-state index >= 15 is 0 Å². The minimum absolute atomic E-state index is 0.252. The average molecular weight is 302 g/mol. The zero-order valence-electron chi connectivity index (χ0n) is 12.2. The van der Waals surface area contributed by atoms with E-state index in [0.29, 0.717) is 11.1 Å². The molecule has 1 amide bonds. The van der Waals surface area contributed by atoms with E-state index in [2.05, 4.69) is 15.0 Å². The molecule has 1 N–H and O–H groups in total. The first-order valence-electron chi connectivity index (χ1n) is 6.62. The molecule has 0 fully saturated rings. The standard InChI is InChI=1S/C16H15FN2O3/c1-10(11-3-5-13(17)6-4-11)15(20)19-14-9-12(7-8-18-14)16(21)22-2/h3-10H,1-2H3,(H,18,19,20). The first-order valence-corrected chi connectivity index (χ1v) is 6.62. The highest BCUT2D eigenvalue weighted by molar-refractivity contribution is 5.96. The highest BCUT2D eigenvalue weighted by Crippen LogP contribution is 2.18. The van der Waals surface area contributed by atoms with Crippen molar-refractivity contribution in [1.82, 2.24) is 4.98 Å². The smallest absolute Gasteiger partial charge is 0.338 e. The van der Waals surface area contributed by atoms with Crippen LogP contribution in [0.4, 0.5) is 10.2 Å². The Kier molecular flexibility index (Phi) is 4.83. The van der Waals surface area contributed by atoms with Crippen LogP contribution in [-0.2, 0) is 9.53 Å². The van der Waals surface area contributed by atoms with Gasteiger partial charge < -0.3 is 10.1 Å². The van der Waals surface area contributed by atoms with Crippen molar-refractivity contribution in [3.8, 4) is 0 Å². The molecular weight excluding hydrogens is 287 g/mol. The quantitative estimate of drug-likeness (QED) is 0.882. The second-order valence-corrected chi connectivity index (χ2v) is 4.68. The summed E-state index contributed by atoms with van der Waals surface area (Å²) in [6.07, 6.45) is 1.41. The van der Waals surface area contributed by atoms with Crippen molar-refractivity contribution in [3.05, 3.63) is 59.5 Å². The van der Waals surface area contributed by atoms with Crippen molar-refractivity contribution >= 4 is 17.7 Å². The second kappa shape index (κ2) is 6.80. The molecule has 0 radical (unpaired) electrons. The normalized spacial score (nSPS) is 11.6. The number of hydrogen-bond donors (Lipinski definition) is 1. The molecule has 0 spiro atoms. The molecule has 22 heavy (non-hydrogen) atoms. The Morgan fingerprint density at radius 1 is 1.23 bits per heavy atom. The maximum Gasteiger partial charge on any atom is 0.338 e. The zero-order chi connectivity index (χ0) is 16.1. The predicted molar refractivity (Wildman–Crippen MR) is 79.0 cm³/mol. The van der Waals surface area contributed by atoms with E-state index in [1.54, 1.807) is 19.1 Å². The van der Waals surface area contributed by atoms with Crippen molar-refractivity contribution in [3.63, 3.8) is 0 Å². The summed E-state index contributed by atoms with van der Waals surface area (Å²) >= 11 is 0. The lowest BCUT2D eigenvalue weighted by Gasteiger charge is -2.12. The number of pyridine rings is 1. The van der Waals surface area contributed by atoms with E-state index in [-0.39, 0.29) is 17.5 Å². The van der Waals surface area contributed by atoms with Gasteiger partial charge in [-0.3, -0.25) is 4.79 Å². The van der Waals surface area contributed by atoms with E-state index in [0.717, 1.165) is 0 Å². The molecule has 0 saturated carbocycles. The number of esters is 1. The molecule has 1 unspecified atom stereocenters. The average Bonchev–Trinajstić information content (AvgIpc) is 2.54. The highest BCUT2D eigenvalue weighted by Gasteiger charge is 2.16. The number of rotatable bonds is 4. The molecule has 2 aromatic rings. The number of carbonyl (C=O) groups is 2. The molecule has 2 rings (SSSR count). The van der Waals surface area contributed by atoms with Crippen LogP contribution in [0.1, 0.15) is 28.8 Å². The van der Waals surface area contributed by atoms with E-state index in [1.807, 2.05) is 0 Å². The van der Waals surface area contributed by atoms with E-state index in [9.17, 15) is 14.0 Å². The molecule has 5 nitrogen and oxygen atoms in total. The van der Waals surface area contributed by atoms with Gasteiger partial charge in [-0.05, 0) is 36.8 Å². The molecule has 0 aliphatic carbocycles. The Morgan fingerprint density at radius 2 is 1.91 bits per heavy atom. The largest absolute Gasteiger partial charge is 0.465 e. The zero-order valence-corrected chi connectivity index (χ0v) is 12.2. The molecule has 0 bridgehead atoms. The number of halogens is 1. The summed E-state index contributed by atoms with van der Waals surface area (Å²) in [7, 11) is 1.28. The van der Waals surface area contributed by atoms with E-state index in [4.69, 9.17) is 0 Å². The molecule has 1 aromatic carbocycles. The Labute approximate surface area is 127 Å². The van der Waals surface area contributed by atoms with Gasteiger partial charge in [0.25, 0.3) is 0 Å². The number of hydrogen-bond acceptors (Lipinski definition) is 4. The third-order valence-electron chi connectivity index (χ3n) is 3.20. The number of methoxy groups -OCH3 is 1. The topological polar surface area (TPSA) is 68.3 Å². The fourth-order valence-electron chi connectivity index (χ4n) is 1.88. The fraction of sp³-hybridized carbons (Fsp3) is 0.188. The lowest BCUT2D eigenvalue weighted by Crippen LogP contribution is -2.19. The maximum atomic E-state index is 12.9. The summed E-state index contributed by atoms with van der Waals surface area (Å²) < 4.78 is 17.5. The van der Waals surface area contributed by atoms with Gasteiger partial charge in [-0.1, -0.05) is 12.1 Å². The number of aromatic nitrogens is 1. The molecule has 1 heterocycles. The van der Waals surface area contributed by atoms with Crippen LogP contribution in [0, 0.1) is 5.82 Å². The summed E-state index contributed by atoms with van der Waals surface area (Å²) in [6.45, 7) is 1.70. The molecule has 114 valence electrons. The Balaban J connectivity index is 2.11. The molecule has 6 heteroatoms. The van der Waals surface area contributed by atoms with Crippen LogP contribution < -0.4 is 5.32 Å². The third kappa shape index (κ3) is 3.66. The van der Waals surface area contributed by atoms with Gasteiger partial charge in [0.05, 0.1) is 18.6 Å². The number of anilines is 1. The first-order chi connectivity index (χ1) is 10.5. The van der Waals surface area contributed by atoms with Gasteiger partial charge in [0, 0.05) is 6.20 Å². The molecule has 0 aliphatic heterocycles. The van der Waals surface area contributed by atoms with Crippen LogP contribution in [0.2, 0.25) is 0 Å². The predicted octanol–water partition coefficient (Wildman–Crippen LogP) is 2.75. The highest BCUT2D eigenvalue weighted by atomic mass is 19.1. The number of nitrogens with zero attached hydrogens (tertiary/aromatic N) is 1. The number of benzene rings is 1. The van der Waals surface area contributed by atoms with Gasteiger partial charge in [0.1, 0.15) is 11.6 Å².